The fraction of sp³-hybridized carbons (Fsp3) is 0.364. The summed E-state index contributed by atoms with van der Waals surface area (Å²) in [5.41, 5.74) is 8.65. The maximum absolute atomic E-state index is 12.9. The average Bonchev–Trinajstić information content (AvgIpc) is 3.15. The minimum absolute atomic E-state index is 0.0189. The van der Waals surface area contributed by atoms with Gasteiger partial charge in [0.25, 0.3) is 11.8 Å². The van der Waals surface area contributed by atoms with Crippen molar-refractivity contribution in [1.29, 1.82) is 0 Å². The highest BCUT2D eigenvalue weighted by Crippen LogP contribution is 2.27. The van der Waals surface area contributed by atoms with Gasteiger partial charge in [0, 0.05) is 49.3 Å². The topological polar surface area (TPSA) is 75.9 Å². The number of amides is 2. The quantitative estimate of drug-likeness (QED) is 0.881. The molecule has 0 radical (unpaired) electrons. The van der Waals surface area contributed by atoms with Crippen LogP contribution >= 0.6 is 0 Å². The first-order valence-electron chi connectivity index (χ1n) is 9.70. The van der Waals surface area contributed by atoms with Gasteiger partial charge < -0.3 is 20.3 Å². The van der Waals surface area contributed by atoms with Gasteiger partial charge in [0.2, 0.25) is 0 Å². The summed E-state index contributed by atoms with van der Waals surface area (Å²) in [6.45, 7) is 3.49. The molecular weight excluding hydrogens is 354 g/mol. The van der Waals surface area contributed by atoms with Crippen molar-refractivity contribution >= 4 is 11.8 Å². The molecule has 0 bridgehead atoms. The third-order valence-corrected chi connectivity index (χ3v) is 5.56. The van der Waals surface area contributed by atoms with Crippen LogP contribution in [0.15, 0.2) is 54.6 Å². The number of nitrogens with two attached hydrogens (primary N) is 1. The SMILES string of the molecule is NC1CN(C(=O)c2ccc(C(=O)N3CCOCC3)cc2)CC1c1ccccc1. The van der Waals surface area contributed by atoms with Gasteiger partial charge >= 0.3 is 0 Å². The first-order chi connectivity index (χ1) is 13.6. The van der Waals surface area contributed by atoms with Crippen LogP contribution in [-0.2, 0) is 4.74 Å². The molecule has 2 aromatic rings. The van der Waals surface area contributed by atoms with E-state index in [1.165, 1.54) is 0 Å². The van der Waals surface area contributed by atoms with Crippen LogP contribution in [0.1, 0.15) is 32.2 Å². The molecule has 4 rings (SSSR count). The van der Waals surface area contributed by atoms with Gasteiger partial charge in [0.05, 0.1) is 13.2 Å². The summed E-state index contributed by atoms with van der Waals surface area (Å²) in [6.07, 6.45) is 0. The largest absolute Gasteiger partial charge is 0.378 e. The summed E-state index contributed by atoms with van der Waals surface area (Å²) in [7, 11) is 0. The Morgan fingerprint density at radius 1 is 0.821 bits per heavy atom. The van der Waals surface area contributed by atoms with Crippen molar-refractivity contribution in [3.63, 3.8) is 0 Å². The molecular formula is C22H25N3O3. The second-order valence-corrected chi connectivity index (χ2v) is 7.37. The summed E-state index contributed by atoms with van der Waals surface area (Å²) in [5.74, 6) is 0.0845. The zero-order valence-corrected chi connectivity index (χ0v) is 15.8. The molecule has 2 N–H and O–H groups in total. The van der Waals surface area contributed by atoms with E-state index >= 15 is 0 Å². The molecule has 0 aromatic heterocycles. The second-order valence-electron chi connectivity index (χ2n) is 7.37. The Kier molecular flexibility index (Phi) is 5.41. The van der Waals surface area contributed by atoms with Crippen LogP contribution < -0.4 is 5.73 Å². The lowest BCUT2D eigenvalue weighted by Crippen LogP contribution is -2.40. The van der Waals surface area contributed by atoms with Crippen molar-refractivity contribution in [3.05, 3.63) is 71.3 Å². The van der Waals surface area contributed by atoms with Crippen molar-refractivity contribution in [2.45, 2.75) is 12.0 Å². The number of carbonyl (C=O) groups is 2. The highest BCUT2D eigenvalue weighted by Gasteiger charge is 2.34. The number of nitrogens with zero attached hydrogens (tertiary/aromatic N) is 2. The zero-order valence-electron chi connectivity index (χ0n) is 15.8. The fourth-order valence-corrected chi connectivity index (χ4v) is 3.93. The predicted octanol–water partition coefficient (Wildman–Crippen LogP) is 1.73. The first kappa shape index (κ1) is 18.7. The maximum Gasteiger partial charge on any atom is 0.254 e. The van der Waals surface area contributed by atoms with Gasteiger partial charge in [-0.2, -0.15) is 0 Å². The molecule has 0 spiro atoms. The molecule has 2 amide bonds. The van der Waals surface area contributed by atoms with Gasteiger partial charge in [-0.05, 0) is 29.8 Å². The van der Waals surface area contributed by atoms with E-state index in [1.54, 1.807) is 34.1 Å². The fourth-order valence-electron chi connectivity index (χ4n) is 3.93. The minimum Gasteiger partial charge on any atom is -0.378 e. The van der Waals surface area contributed by atoms with E-state index in [9.17, 15) is 9.59 Å². The van der Waals surface area contributed by atoms with E-state index in [0.717, 1.165) is 5.56 Å². The summed E-state index contributed by atoms with van der Waals surface area (Å²) < 4.78 is 5.29. The van der Waals surface area contributed by atoms with Gasteiger partial charge in [-0.1, -0.05) is 30.3 Å². The third-order valence-electron chi connectivity index (χ3n) is 5.56. The number of hydrogen-bond acceptors (Lipinski definition) is 4. The Hall–Kier alpha value is -2.70. The Morgan fingerprint density at radius 3 is 2.00 bits per heavy atom. The van der Waals surface area contributed by atoms with E-state index < -0.39 is 0 Å². The Balaban J connectivity index is 1.43. The number of carbonyl (C=O) groups excluding carboxylic acids is 2. The molecule has 2 aliphatic heterocycles. The molecule has 0 saturated carbocycles. The van der Waals surface area contributed by atoms with Gasteiger partial charge in [-0.25, -0.2) is 0 Å². The van der Waals surface area contributed by atoms with Crippen molar-refractivity contribution < 1.29 is 14.3 Å². The lowest BCUT2D eigenvalue weighted by atomic mass is 9.95. The van der Waals surface area contributed by atoms with Crippen LogP contribution in [0.2, 0.25) is 0 Å². The van der Waals surface area contributed by atoms with E-state index in [4.69, 9.17) is 10.5 Å². The van der Waals surface area contributed by atoms with Crippen LogP contribution in [0.5, 0.6) is 0 Å². The maximum atomic E-state index is 12.9. The number of morpholine rings is 1. The van der Waals surface area contributed by atoms with E-state index in [0.29, 0.717) is 50.5 Å². The Bertz CT molecular complexity index is 832. The highest BCUT2D eigenvalue weighted by atomic mass is 16.5. The van der Waals surface area contributed by atoms with Crippen LogP contribution in [-0.4, -0.2) is 67.0 Å². The zero-order chi connectivity index (χ0) is 19.5. The Labute approximate surface area is 164 Å². The van der Waals surface area contributed by atoms with E-state index in [2.05, 4.69) is 12.1 Å². The second kappa shape index (κ2) is 8.12. The summed E-state index contributed by atoms with van der Waals surface area (Å²) in [6, 6.07) is 16.9. The monoisotopic (exact) mass is 379 g/mol. The van der Waals surface area contributed by atoms with Crippen molar-refractivity contribution in [1.82, 2.24) is 9.80 Å². The lowest BCUT2D eigenvalue weighted by molar-refractivity contribution is 0.0303. The van der Waals surface area contributed by atoms with Crippen LogP contribution in [0, 0.1) is 0 Å². The summed E-state index contributed by atoms with van der Waals surface area (Å²) in [5, 5.41) is 0. The number of hydrogen-bond donors (Lipinski definition) is 1. The molecule has 0 aliphatic carbocycles. The van der Waals surface area contributed by atoms with Gasteiger partial charge in [0.15, 0.2) is 0 Å². The smallest absolute Gasteiger partial charge is 0.254 e. The highest BCUT2D eigenvalue weighted by molar-refractivity contribution is 5.98. The third kappa shape index (κ3) is 3.79. The molecule has 2 aliphatic rings. The van der Waals surface area contributed by atoms with Gasteiger partial charge in [0.1, 0.15) is 0 Å². The summed E-state index contributed by atoms with van der Waals surface area (Å²) >= 11 is 0. The van der Waals surface area contributed by atoms with Gasteiger partial charge in [-0.15, -0.1) is 0 Å². The minimum atomic E-state index is -0.0754. The summed E-state index contributed by atoms with van der Waals surface area (Å²) in [4.78, 5) is 29.0. The molecule has 2 saturated heterocycles. The van der Waals surface area contributed by atoms with E-state index in [1.807, 2.05) is 18.2 Å². The normalized spacial score (nSPS) is 22.3. The number of benzene rings is 2. The number of likely N-dealkylation sites (tertiary alicyclic amines) is 1. The molecule has 2 fully saturated rings. The van der Waals surface area contributed by atoms with Crippen molar-refractivity contribution in [2.24, 2.45) is 5.73 Å². The number of rotatable bonds is 3. The molecule has 2 aromatic carbocycles. The van der Waals surface area contributed by atoms with Crippen LogP contribution in [0.4, 0.5) is 0 Å². The van der Waals surface area contributed by atoms with Crippen LogP contribution in [0.25, 0.3) is 0 Å². The van der Waals surface area contributed by atoms with E-state index in [-0.39, 0.29) is 23.8 Å². The van der Waals surface area contributed by atoms with Crippen molar-refractivity contribution in [2.75, 3.05) is 39.4 Å². The molecule has 28 heavy (non-hydrogen) atoms. The molecule has 146 valence electrons. The average molecular weight is 379 g/mol. The molecule has 6 nitrogen and oxygen atoms in total. The molecule has 2 atom stereocenters. The van der Waals surface area contributed by atoms with Gasteiger partial charge in [-0.3, -0.25) is 9.59 Å². The molecule has 2 heterocycles. The Morgan fingerprint density at radius 2 is 1.39 bits per heavy atom. The number of ether oxygens (including phenoxy) is 1. The van der Waals surface area contributed by atoms with Crippen molar-refractivity contribution in [3.8, 4) is 0 Å². The molecule has 2 unspecified atom stereocenters. The standard InChI is InChI=1S/C22H25N3O3/c23-20-15-25(14-19(20)16-4-2-1-3-5-16)22(27)18-8-6-17(7-9-18)21(26)24-10-12-28-13-11-24/h1-9,19-20H,10-15,23H2. The predicted molar refractivity (Wildman–Crippen MR) is 106 cm³/mol. The molecule has 6 heteroatoms. The lowest BCUT2D eigenvalue weighted by Gasteiger charge is -2.27. The first-order valence-corrected chi connectivity index (χ1v) is 9.70. The van der Waals surface area contributed by atoms with Crippen LogP contribution in [0.3, 0.4) is 0 Å².